The fourth-order valence-electron chi connectivity index (χ4n) is 1.25. The molecular formula is C9H3Br2F3N2O. The van der Waals surface area contributed by atoms with Crippen molar-refractivity contribution < 1.29 is 17.6 Å². The van der Waals surface area contributed by atoms with Crippen molar-refractivity contribution in [3.05, 3.63) is 33.0 Å². The Morgan fingerprint density at radius 1 is 1.12 bits per heavy atom. The van der Waals surface area contributed by atoms with Crippen molar-refractivity contribution in [1.29, 1.82) is 0 Å². The molecule has 0 fully saturated rings. The van der Waals surface area contributed by atoms with Crippen LogP contribution < -0.4 is 0 Å². The molecule has 0 aliphatic rings. The van der Waals surface area contributed by atoms with Gasteiger partial charge in [-0.15, -0.1) is 10.2 Å². The fourth-order valence-corrected chi connectivity index (χ4v) is 1.85. The van der Waals surface area contributed by atoms with Crippen molar-refractivity contribution in [3.8, 4) is 11.5 Å². The van der Waals surface area contributed by atoms with Crippen molar-refractivity contribution in [2.45, 2.75) is 6.18 Å². The number of aromatic nitrogens is 2. The number of alkyl halides is 3. The van der Waals surface area contributed by atoms with Crippen LogP contribution in [0.2, 0.25) is 0 Å². The summed E-state index contributed by atoms with van der Waals surface area (Å²) in [5.74, 6) is -0.184. The zero-order valence-corrected chi connectivity index (χ0v) is 11.1. The lowest BCUT2D eigenvalue weighted by atomic mass is 10.1. The lowest BCUT2D eigenvalue weighted by molar-refractivity contribution is -0.137. The van der Waals surface area contributed by atoms with Gasteiger partial charge in [-0.05, 0) is 18.2 Å². The Hall–Kier alpha value is -0.890. The van der Waals surface area contributed by atoms with Gasteiger partial charge in [-0.3, -0.25) is 0 Å². The van der Waals surface area contributed by atoms with Gasteiger partial charge in [0.25, 0.3) is 4.80 Å². The van der Waals surface area contributed by atoms with Crippen LogP contribution >= 0.6 is 31.9 Å². The minimum Gasteiger partial charge on any atom is -0.411 e. The quantitative estimate of drug-likeness (QED) is 0.751. The van der Waals surface area contributed by atoms with Crippen LogP contribution in [0.4, 0.5) is 13.2 Å². The largest absolute Gasteiger partial charge is 0.417 e. The smallest absolute Gasteiger partial charge is 0.411 e. The molecule has 0 atom stereocenters. The van der Waals surface area contributed by atoms with E-state index in [2.05, 4.69) is 42.1 Å². The Bertz CT molecular complexity index is 553. The molecule has 1 aromatic carbocycles. The highest BCUT2D eigenvalue weighted by molar-refractivity contribution is 9.10. The zero-order chi connectivity index (χ0) is 12.6. The first-order chi connectivity index (χ1) is 7.88. The molecule has 2 aromatic rings. The molecule has 3 nitrogen and oxygen atoms in total. The van der Waals surface area contributed by atoms with Gasteiger partial charge in [0.15, 0.2) is 0 Å². The minimum absolute atomic E-state index is 0.0311. The predicted molar refractivity (Wildman–Crippen MR) is 60.1 cm³/mol. The van der Waals surface area contributed by atoms with Gasteiger partial charge in [-0.25, -0.2) is 0 Å². The van der Waals surface area contributed by atoms with Gasteiger partial charge in [0.2, 0.25) is 5.89 Å². The first kappa shape index (κ1) is 12.6. The highest BCUT2D eigenvalue weighted by Gasteiger charge is 2.35. The van der Waals surface area contributed by atoms with Crippen molar-refractivity contribution in [2.24, 2.45) is 0 Å². The van der Waals surface area contributed by atoms with E-state index in [0.29, 0.717) is 4.47 Å². The monoisotopic (exact) mass is 370 g/mol. The molecule has 0 spiro atoms. The number of hydrogen-bond acceptors (Lipinski definition) is 3. The number of nitrogens with zero attached hydrogens (tertiary/aromatic N) is 2. The fraction of sp³-hybridized carbons (Fsp3) is 0.111. The molecule has 0 radical (unpaired) electrons. The van der Waals surface area contributed by atoms with E-state index in [-0.39, 0.29) is 16.3 Å². The highest BCUT2D eigenvalue weighted by Crippen LogP contribution is 2.38. The average Bonchev–Trinajstić information content (AvgIpc) is 2.63. The molecule has 0 N–H and O–H groups in total. The standard InChI is InChI=1S/C9H3Br2F3N2O/c10-4-1-2-5(6(3-4)9(12,13)14)7-15-16-8(11)17-7/h1-3H. The van der Waals surface area contributed by atoms with Crippen LogP contribution in [-0.4, -0.2) is 10.2 Å². The summed E-state index contributed by atoms with van der Waals surface area (Å²) < 4.78 is 43.6. The van der Waals surface area contributed by atoms with Crippen LogP contribution in [0.1, 0.15) is 5.56 Å². The SMILES string of the molecule is FC(F)(F)c1cc(Br)ccc1-c1nnc(Br)o1. The van der Waals surface area contributed by atoms with E-state index >= 15 is 0 Å². The topological polar surface area (TPSA) is 38.9 Å². The third kappa shape index (κ3) is 2.68. The van der Waals surface area contributed by atoms with E-state index in [1.807, 2.05) is 0 Å². The highest BCUT2D eigenvalue weighted by atomic mass is 79.9. The van der Waals surface area contributed by atoms with Gasteiger partial charge >= 0.3 is 6.18 Å². The Morgan fingerprint density at radius 2 is 1.82 bits per heavy atom. The van der Waals surface area contributed by atoms with Gasteiger partial charge in [0.05, 0.1) is 11.1 Å². The minimum atomic E-state index is -4.49. The molecule has 1 heterocycles. The van der Waals surface area contributed by atoms with E-state index in [0.717, 1.165) is 6.07 Å². The average molecular weight is 372 g/mol. The first-order valence-electron chi connectivity index (χ1n) is 4.24. The molecule has 0 aliphatic carbocycles. The second kappa shape index (κ2) is 4.41. The summed E-state index contributed by atoms with van der Waals surface area (Å²) in [6.45, 7) is 0. The third-order valence-corrected chi connectivity index (χ3v) is 2.73. The van der Waals surface area contributed by atoms with Crippen molar-refractivity contribution in [1.82, 2.24) is 10.2 Å². The molecule has 0 saturated carbocycles. The van der Waals surface area contributed by atoms with E-state index in [1.54, 1.807) is 0 Å². The van der Waals surface area contributed by atoms with E-state index < -0.39 is 11.7 Å². The summed E-state index contributed by atoms with van der Waals surface area (Å²) >= 11 is 5.88. The molecule has 8 heteroatoms. The van der Waals surface area contributed by atoms with Gasteiger partial charge in [-0.1, -0.05) is 15.9 Å². The summed E-state index contributed by atoms with van der Waals surface area (Å²) in [4.78, 5) is 0.0311. The zero-order valence-electron chi connectivity index (χ0n) is 7.92. The van der Waals surface area contributed by atoms with E-state index in [9.17, 15) is 13.2 Å². The summed E-state index contributed by atoms with van der Waals surface area (Å²) in [6.07, 6.45) is -4.49. The van der Waals surface area contributed by atoms with Gasteiger partial charge in [-0.2, -0.15) is 13.2 Å². The Kier molecular flexibility index (Phi) is 3.26. The summed E-state index contributed by atoms with van der Waals surface area (Å²) in [7, 11) is 0. The van der Waals surface area contributed by atoms with Crippen LogP contribution in [0, 0.1) is 0 Å². The summed E-state index contributed by atoms with van der Waals surface area (Å²) in [5.41, 5.74) is -0.984. The normalized spacial score (nSPS) is 11.8. The molecule has 0 aliphatic heterocycles. The molecule has 2 rings (SSSR count). The van der Waals surface area contributed by atoms with Crippen LogP contribution in [0.5, 0.6) is 0 Å². The van der Waals surface area contributed by atoms with Crippen LogP contribution in [-0.2, 0) is 6.18 Å². The second-order valence-corrected chi connectivity index (χ2v) is 4.64. The molecule has 0 unspecified atom stereocenters. The number of rotatable bonds is 1. The maximum atomic E-state index is 12.8. The summed E-state index contributed by atoms with van der Waals surface area (Å²) in [6, 6.07) is 3.71. The van der Waals surface area contributed by atoms with E-state index in [4.69, 9.17) is 4.42 Å². The summed E-state index contributed by atoms with van der Waals surface area (Å²) in [5, 5.41) is 6.97. The molecular weight excluding hydrogens is 369 g/mol. The lowest BCUT2D eigenvalue weighted by Crippen LogP contribution is -2.07. The molecule has 1 aromatic heterocycles. The Balaban J connectivity index is 2.61. The van der Waals surface area contributed by atoms with Gasteiger partial charge in [0.1, 0.15) is 0 Å². The van der Waals surface area contributed by atoms with Crippen molar-refractivity contribution in [3.63, 3.8) is 0 Å². The maximum Gasteiger partial charge on any atom is 0.417 e. The van der Waals surface area contributed by atoms with Crippen LogP contribution in [0.3, 0.4) is 0 Å². The molecule has 17 heavy (non-hydrogen) atoms. The van der Waals surface area contributed by atoms with Crippen molar-refractivity contribution in [2.75, 3.05) is 0 Å². The van der Waals surface area contributed by atoms with Gasteiger partial charge in [0, 0.05) is 20.4 Å². The number of halogens is 5. The van der Waals surface area contributed by atoms with Crippen LogP contribution in [0.25, 0.3) is 11.5 Å². The number of benzene rings is 1. The predicted octanol–water partition coefficient (Wildman–Crippen LogP) is 4.28. The molecule has 0 bridgehead atoms. The molecule has 0 amide bonds. The Morgan fingerprint density at radius 3 is 2.35 bits per heavy atom. The van der Waals surface area contributed by atoms with E-state index in [1.165, 1.54) is 12.1 Å². The molecule has 0 saturated heterocycles. The maximum absolute atomic E-state index is 12.8. The van der Waals surface area contributed by atoms with Crippen LogP contribution in [0.15, 0.2) is 31.9 Å². The number of hydrogen-bond donors (Lipinski definition) is 0. The van der Waals surface area contributed by atoms with Crippen molar-refractivity contribution >= 4 is 31.9 Å². The first-order valence-corrected chi connectivity index (χ1v) is 5.82. The third-order valence-electron chi connectivity index (χ3n) is 1.92. The Labute approximate surface area is 110 Å². The lowest BCUT2D eigenvalue weighted by Gasteiger charge is -2.10. The molecule has 90 valence electrons. The second-order valence-electron chi connectivity index (χ2n) is 3.05. The van der Waals surface area contributed by atoms with Gasteiger partial charge < -0.3 is 4.42 Å².